The third kappa shape index (κ3) is 4.34. The average Bonchev–Trinajstić information content (AvgIpc) is 2.67. The van der Waals surface area contributed by atoms with Crippen LogP contribution in [0.5, 0.6) is 0 Å². The van der Waals surface area contributed by atoms with E-state index in [9.17, 15) is 30.0 Å². The molecule has 0 amide bonds. The summed E-state index contributed by atoms with van der Waals surface area (Å²) in [4.78, 5) is -2.46. The molecule has 0 aromatic heterocycles. The summed E-state index contributed by atoms with van der Waals surface area (Å²) in [6.07, 6.45) is -5.12. The second-order valence-electron chi connectivity index (χ2n) is 6.07. The minimum atomic E-state index is -5.12. The van der Waals surface area contributed by atoms with E-state index in [1.165, 1.54) is 24.3 Å². The van der Waals surface area contributed by atoms with Gasteiger partial charge in [-0.05, 0) is 66.7 Å². The molecule has 0 aliphatic rings. The molecule has 0 bridgehead atoms. The van der Waals surface area contributed by atoms with E-state index in [0.717, 1.165) is 30.3 Å². The van der Waals surface area contributed by atoms with E-state index in [1.54, 1.807) is 0 Å². The summed E-state index contributed by atoms with van der Waals surface area (Å²) in [7, 11) is -8.93. The van der Waals surface area contributed by atoms with Gasteiger partial charge in [-0.1, -0.05) is 23.2 Å². The number of halogens is 5. The number of rotatable bonds is 4. The monoisotopic (exact) mass is 494 g/mol. The molecule has 0 atom stereocenters. The lowest BCUT2D eigenvalue weighted by Gasteiger charge is -2.15. The van der Waals surface area contributed by atoms with Crippen LogP contribution in [0.1, 0.15) is 5.56 Å². The predicted molar refractivity (Wildman–Crippen MR) is 105 cm³/mol. The van der Waals surface area contributed by atoms with Crippen molar-refractivity contribution in [2.45, 2.75) is 25.8 Å². The van der Waals surface area contributed by atoms with Gasteiger partial charge in [0.2, 0.25) is 19.7 Å². The zero-order chi connectivity index (χ0) is 22.3. The van der Waals surface area contributed by atoms with Gasteiger partial charge in [0, 0.05) is 10.0 Å². The van der Waals surface area contributed by atoms with Crippen LogP contribution in [0.4, 0.5) is 13.2 Å². The first kappa shape index (κ1) is 22.6. The van der Waals surface area contributed by atoms with Crippen molar-refractivity contribution in [1.82, 2.24) is 0 Å². The van der Waals surface area contributed by atoms with Gasteiger partial charge in [-0.25, -0.2) is 16.8 Å². The third-order valence-corrected chi connectivity index (χ3v) is 8.20. The maximum absolute atomic E-state index is 13.7. The lowest BCUT2D eigenvalue weighted by molar-refractivity contribution is -0.140. The fourth-order valence-corrected chi connectivity index (χ4v) is 5.62. The quantitative estimate of drug-likeness (QED) is 0.467. The summed E-state index contributed by atoms with van der Waals surface area (Å²) >= 11 is 11.4. The maximum atomic E-state index is 13.7. The molecule has 0 aliphatic carbocycles. The fraction of sp³-hybridized carbons (Fsp3) is 0.0526. The molecule has 0 unspecified atom stereocenters. The topological polar surface area (TPSA) is 68.3 Å². The Labute approximate surface area is 180 Å². The van der Waals surface area contributed by atoms with Crippen molar-refractivity contribution in [1.29, 1.82) is 0 Å². The molecule has 3 aromatic carbocycles. The normalized spacial score (nSPS) is 12.7. The van der Waals surface area contributed by atoms with Gasteiger partial charge in [-0.3, -0.25) is 0 Å². The van der Waals surface area contributed by atoms with Crippen LogP contribution in [0.15, 0.2) is 86.3 Å². The van der Waals surface area contributed by atoms with Gasteiger partial charge in [-0.2, -0.15) is 13.2 Å². The summed E-state index contributed by atoms with van der Waals surface area (Å²) in [6.45, 7) is 0. The summed E-state index contributed by atoms with van der Waals surface area (Å²) < 4.78 is 92.0. The lowest BCUT2D eigenvalue weighted by Crippen LogP contribution is -2.15. The first-order valence-electron chi connectivity index (χ1n) is 8.06. The van der Waals surface area contributed by atoms with Gasteiger partial charge in [0.1, 0.15) is 0 Å². The maximum Gasteiger partial charge on any atom is 0.417 e. The Morgan fingerprint density at radius 1 is 0.600 bits per heavy atom. The first-order valence-corrected chi connectivity index (χ1v) is 11.8. The van der Waals surface area contributed by atoms with Crippen LogP contribution >= 0.6 is 23.2 Å². The van der Waals surface area contributed by atoms with Crippen LogP contribution in [-0.2, 0) is 25.9 Å². The zero-order valence-electron chi connectivity index (χ0n) is 14.7. The summed E-state index contributed by atoms with van der Waals surface area (Å²) in [5.74, 6) is 0. The first-order chi connectivity index (χ1) is 13.8. The molecule has 3 rings (SSSR count). The van der Waals surface area contributed by atoms with Crippen LogP contribution < -0.4 is 0 Å². The van der Waals surface area contributed by atoms with Gasteiger partial charge in [-0.15, -0.1) is 0 Å². The number of alkyl halides is 3. The van der Waals surface area contributed by atoms with Crippen molar-refractivity contribution in [3.63, 3.8) is 0 Å². The van der Waals surface area contributed by atoms with Gasteiger partial charge < -0.3 is 0 Å². The van der Waals surface area contributed by atoms with Gasteiger partial charge in [0.05, 0.1) is 25.1 Å². The van der Waals surface area contributed by atoms with Crippen LogP contribution in [0.25, 0.3) is 0 Å². The van der Waals surface area contributed by atoms with Crippen molar-refractivity contribution in [2.24, 2.45) is 0 Å². The van der Waals surface area contributed by atoms with Crippen LogP contribution in [0.3, 0.4) is 0 Å². The summed E-state index contributed by atoms with van der Waals surface area (Å²) in [5.41, 5.74) is -1.59. The fourth-order valence-electron chi connectivity index (χ4n) is 2.62. The molecule has 158 valence electrons. The molecule has 4 nitrogen and oxygen atoms in total. The van der Waals surface area contributed by atoms with Crippen molar-refractivity contribution in [3.05, 3.63) is 82.3 Å². The zero-order valence-corrected chi connectivity index (χ0v) is 17.8. The molecule has 0 radical (unpaired) electrons. The Bertz CT molecular complexity index is 1300. The minimum Gasteiger partial charge on any atom is -0.219 e. The third-order valence-electron chi connectivity index (χ3n) is 4.10. The van der Waals surface area contributed by atoms with Crippen molar-refractivity contribution >= 4 is 42.9 Å². The Morgan fingerprint density at radius 2 is 1.00 bits per heavy atom. The van der Waals surface area contributed by atoms with Crippen LogP contribution in [-0.4, -0.2) is 16.8 Å². The van der Waals surface area contributed by atoms with Crippen molar-refractivity contribution < 1.29 is 30.0 Å². The highest BCUT2D eigenvalue weighted by atomic mass is 35.5. The molecule has 3 aromatic rings. The molecule has 0 saturated heterocycles. The molecule has 0 aliphatic heterocycles. The Hall–Kier alpha value is -2.07. The van der Waals surface area contributed by atoms with E-state index in [-0.39, 0.29) is 14.9 Å². The molecule has 11 heteroatoms. The molecule has 0 saturated carbocycles. The van der Waals surface area contributed by atoms with Crippen molar-refractivity contribution in [2.75, 3.05) is 0 Å². The molecule has 0 spiro atoms. The number of hydrogen-bond donors (Lipinski definition) is 0. The van der Waals surface area contributed by atoms with Crippen LogP contribution in [0.2, 0.25) is 10.0 Å². The van der Waals surface area contributed by atoms with Gasteiger partial charge >= 0.3 is 6.18 Å². The van der Waals surface area contributed by atoms with E-state index >= 15 is 0 Å². The lowest BCUT2D eigenvalue weighted by atomic mass is 10.2. The van der Waals surface area contributed by atoms with Crippen LogP contribution in [0, 0.1) is 0 Å². The Kier molecular flexibility index (Phi) is 5.94. The number of sulfone groups is 2. The smallest absolute Gasteiger partial charge is 0.219 e. The standard InChI is InChI=1S/C19H11Cl2F3O4S2/c20-12-1-5-14(6-2-12)29(25,26)16-9-10-18(17(11-16)19(22,23)24)30(27,28)15-7-3-13(21)4-8-15/h1-11H. The second kappa shape index (κ2) is 7.88. The number of hydrogen-bond acceptors (Lipinski definition) is 4. The van der Waals surface area contributed by atoms with Gasteiger partial charge in [0.25, 0.3) is 0 Å². The molecular formula is C19H11Cl2F3O4S2. The average molecular weight is 495 g/mol. The van der Waals surface area contributed by atoms with Crippen molar-refractivity contribution in [3.8, 4) is 0 Å². The second-order valence-corrected chi connectivity index (χ2v) is 10.8. The highest BCUT2D eigenvalue weighted by molar-refractivity contribution is 7.92. The van der Waals surface area contributed by atoms with E-state index in [2.05, 4.69) is 0 Å². The van der Waals surface area contributed by atoms with E-state index in [1.807, 2.05) is 0 Å². The summed E-state index contributed by atoms with van der Waals surface area (Å²) in [5, 5.41) is 0.448. The Morgan fingerprint density at radius 3 is 1.43 bits per heavy atom. The molecule has 0 fully saturated rings. The molecule has 0 N–H and O–H groups in total. The highest BCUT2D eigenvalue weighted by Crippen LogP contribution is 2.38. The van der Waals surface area contributed by atoms with E-state index in [4.69, 9.17) is 23.2 Å². The molecule has 30 heavy (non-hydrogen) atoms. The number of benzene rings is 3. The van der Waals surface area contributed by atoms with Gasteiger partial charge in [0.15, 0.2) is 0 Å². The predicted octanol–water partition coefficient (Wildman–Crippen LogP) is 5.68. The minimum absolute atomic E-state index is 0.203. The largest absolute Gasteiger partial charge is 0.417 e. The van der Waals surface area contributed by atoms with E-state index < -0.39 is 46.1 Å². The highest BCUT2D eigenvalue weighted by Gasteiger charge is 2.39. The SMILES string of the molecule is O=S(=O)(c1ccc(Cl)cc1)c1ccc(S(=O)(=O)c2ccc(Cl)cc2)c(C(F)(F)F)c1. The molecular weight excluding hydrogens is 484 g/mol. The van der Waals surface area contributed by atoms with E-state index in [0.29, 0.717) is 12.1 Å². The Balaban J connectivity index is 2.21. The summed E-state index contributed by atoms with van der Waals surface area (Å²) in [6, 6.07) is 11.2. The molecule has 0 heterocycles.